The molecule has 0 amide bonds. The van der Waals surface area contributed by atoms with Crippen molar-refractivity contribution in [2.45, 2.75) is 44.6 Å². The van der Waals surface area contributed by atoms with E-state index < -0.39 is 6.10 Å². The van der Waals surface area contributed by atoms with Gasteiger partial charge in [0, 0.05) is 11.8 Å². The third kappa shape index (κ3) is 3.10. The number of aliphatic hydroxyl groups excluding tert-OH is 1. The number of ether oxygens (including phenoxy) is 1. The maximum Gasteiger partial charge on any atom is 0.219 e. The number of allylic oxidation sites excluding steroid dienone is 1. The average molecular weight is 247 g/mol. The van der Waals surface area contributed by atoms with E-state index in [1.165, 1.54) is 19.3 Å². The normalized spacial score (nSPS) is 21.3. The maximum absolute atomic E-state index is 10.5. The molecule has 1 atom stereocenters. The Kier molecular flexibility index (Phi) is 4.76. The minimum Gasteiger partial charge on any atom is -0.481 e. The second kappa shape index (κ2) is 6.55. The van der Waals surface area contributed by atoms with Crippen molar-refractivity contribution < 1.29 is 9.84 Å². The lowest BCUT2D eigenvalue weighted by Gasteiger charge is -2.19. The molecule has 0 fully saturated rings. The minimum absolute atomic E-state index is 0.521. The number of rotatable bonds is 3. The van der Waals surface area contributed by atoms with E-state index in [0.717, 1.165) is 30.4 Å². The molecule has 1 N–H and O–H groups in total. The van der Waals surface area contributed by atoms with E-state index in [2.05, 4.69) is 11.1 Å². The molecule has 0 saturated carbocycles. The van der Waals surface area contributed by atoms with E-state index in [1.807, 2.05) is 12.1 Å². The lowest BCUT2D eigenvalue weighted by molar-refractivity contribution is 0.203. The Morgan fingerprint density at radius 1 is 1.28 bits per heavy atom. The van der Waals surface area contributed by atoms with Crippen LogP contribution in [0.25, 0.3) is 0 Å². The first kappa shape index (κ1) is 13.1. The summed E-state index contributed by atoms with van der Waals surface area (Å²) in [5.74, 6) is 0.521. The SMILES string of the molecule is COc1ncccc1C(O)/C1=C/CCCCCC1. The van der Waals surface area contributed by atoms with Gasteiger partial charge in [-0.3, -0.25) is 0 Å². The molecular formula is C15H21NO2. The minimum atomic E-state index is -0.577. The van der Waals surface area contributed by atoms with Gasteiger partial charge < -0.3 is 9.84 Å². The molecule has 0 bridgehead atoms. The predicted octanol–water partition coefficient (Wildman–Crippen LogP) is 3.40. The number of aliphatic hydroxyl groups is 1. The highest BCUT2D eigenvalue weighted by atomic mass is 16.5. The highest BCUT2D eigenvalue weighted by molar-refractivity contribution is 5.33. The Morgan fingerprint density at radius 2 is 2.11 bits per heavy atom. The van der Waals surface area contributed by atoms with E-state index in [1.54, 1.807) is 13.3 Å². The van der Waals surface area contributed by atoms with Crippen LogP contribution in [-0.4, -0.2) is 17.2 Å². The van der Waals surface area contributed by atoms with Gasteiger partial charge in [-0.2, -0.15) is 0 Å². The summed E-state index contributed by atoms with van der Waals surface area (Å²) < 4.78 is 5.21. The van der Waals surface area contributed by atoms with Crippen molar-refractivity contribution in [3.63, 3.8) is 0 Å². The lowest BCUT2D eigenvalue weighted by atomic mass is 9.93. The fourth-order valence-corrected chi connectivity index (χ4v) is 2.45. The van der Waals surface area contributed by atoms with Gasteiger partial charge >= 0.3 is 0 Å². The van der Waals surface area contributed by atoms with Gasteiger partial charge in [0.1, 0.15) is 6.10 Å². The highest BCUT2D eigenvalue weighted by Crippen LogP contribution is 2.32. The zero-order valence-electron chi connectivity index (χ0n) is 10.9. The van der Waals surface area contributed by atoms with E-state index in [-0.39, 0.29) is 0 Å². The van der Waals surface area contributed by atoms with E-state index >= 15 is 0 Å². The molecule has 1 aliphatic rings. The standard InChI is InChI=1S/C15H21NO2/c1-18-15-13(10-7-11-16-15)14(17)12-8-5-3-2-4-6-9-12/h7-8,10-11,14,17H,2-6,9H2,1H3/b12-8+. The Balaban J connectivity index is 2.20. The van der Waals surface area contributed by atoms with Crippen LogP contribution in [0.15, 0.2) is 30.0 Å². The molecule has 1 heterocycles. The van der Waals surface area contributed by atoms with Crippen LogP contribution in [0.5, 0.6) is 5.88 Å². The van der Waals surface area contributed by atoms with Crippen LogP contribution in [0.2, 0.25) is 0 Å². The van der Waals surface area contributed by atoms with E-state index in [0.29, 0.717) is 5.88 Å². The molecular weight excluding hydrogens is 226 g/mol. The van der Waals surface area contributed by atoms with Gasteiger partial charge in [-0.15, -0.1) is 0 Å². The topological polar surface area (TPSA) is 42.4 Å². The molecule has 0 aliphatic heterocycles. The van der Waals surface area contributed by atoms with E-state index in [9.17, 15) is 5.11 Å². The smallest absolute Gasteiger partial charge is 0.219 e. The van der Waals surface area contributed by atoms with Gasteiger partial charge in [-0.25, -0.2) is 4.98 Å². The molecule has 0 saturated heterocycles. The summed E-state index contributed by atoms with van der Waals surface area (Å²) in [5, 5.41) is 10.5. The molecule has 2 rings (SSSR count). The number of aromatic nitrogens is 1. The number of hydrogen-bond donors (Lipinski definition) is 1. The molecule has 3 heteroatoms. The predicted molar refractivity (Wildman–Crippen MR) is 71.5 cm³/mol. The summed E-state index contributed by atoms with van der Waals surface area (Å²) in [6, 6.07) is 3.72. The first-order valence-electron chi connectivity index (χ1n) is 6.69. The van der Waals surface area contributed by atoms with Crippen molar-refractivity contribution in [1.29, 1.82) is 0 Å². The Bertz CT molecular complexity index is 415. The molecule has 3 nitrogen and oxygen atoms in total. The van der Waals surface area contributed by atoms with Crippen molar-refractivity contribution >= 4 is 0 Å². The molecule has 0 spiro atoms. The third-order valence-electron chi connectivity index (χ3n) is 3.47. The fraction of sp³-hybridized carbons (Fsp3) is 0.533. The second-order valence-corrected chi connectivity index (χ2v) is 4.74. The number of hydrogen-bond acceptors (Lipinski definition) is 3. The van der Waals surface area contributed by atoms with E-state index in [4.69, 9.17) is 4.74 Å². The van der Waals surface area contributed by atoms with Gasteiger partial charge in [-0.1, -0.05) is 18.9 Å². The molecule has 1 aromatic heterocycles. The quantitative estimate of drug-likeness (QED) is 0.832. The Labute approximate surface area is 109 Å². The van der Waals surface area contributed by atoms with Crippen molar-refractivity contribution in [1.82, 2.24) is 4.98 Å². The molecule has 98 valence electrons. The summed E-state index contributed by atoms with van der Waals surface area (Å²) in [6.07, 6.45) is 10.3. The average Bonchev–Trinajstić information content (AvgIpc) is 2.37. The largest absolute Gasteiger partial charge is 0.481 e. The van der Waals surface area contributed by atoms with Crippen LogP contribution >= 0.6 is 0 Å². The molecule has 18 heavy (non-hydrogen) atoms. The maximum atomic E-state index is 10.5. The summed E-state index contributed by atoms with van der Waals surface area (Å²) in [6.45, 7) is 0. The lowest BCUT2D eigenvalue weighted by Crippen LogP contribution is -2.06. The molecule has 0 radical (unpaired) electrons. The van der Waals surface area contributed by atoms with Gasteiger partial charge in [0.25, 0.3) is 0 Å². The Hall–Kier alpha value is -1.35. The van der Waals surface area contributed by atoms with Crippen LogP contribution in [-0.2, 0) is 0 Å². The summed E-state index contributed by atoms with van der Waals surface area (Å²) >= 11 is 0. The van der Waals surface area contributed by atoms with Gasteiger partial charge in [0.15, 0.2) is 0 Å². The summed E-state index contributed by atoms with van der Waals surface area (Å²) in [5.41, 5.74) is 1.88. The molecule has 1 aromatic rings. The Morgan fingerprint density at radius 3 is 2.94 bits per heavy atom. The second-order valence-electron chi connectivity index (χ2n) is 4.74. The summed E-state index contributed by atoms with van der Waals surface area (Å²) in [7, 11) is 1.59. The van der Waals surface area contributed by atoms with Crippen LogP contribution in [0, 0.1) is 0 Å². The molecule has 1 aliphatic carbocycles. The third-order valence-corrected chi connectivity index (χ3v) is 3.47. The zero-order valence-corrected chi connectivity index (χ0v) is 10.9. The van der Waals surface area contributed by atoms with Crippen LogP contribution in [0.4, 0.5) is 0 Å². The first-order valence-corrected chi connectivity index (χ1v) is 6.69. The van der Waals surface area contributed by atoms with Gasteiger partial charge in [0.05, 0.1) is 7.11 Å². The van der Waals surface area contributed by atoms with Crippen LogP contribution in [0.3, 0.4) is 0 Å². The fourth-order valence-electron chi connectivity index (χ4n) is 2.45. The van der Waals surface area contributed by atoms with Crippen molar-refractivity contribution in [3.05, 3.63) is 35.5 Å². The van der Waals surface area contributed by atoms with Gasteiger partial charge in [-0.05, 0) is 43.4 Å². The number of methoxy groups -OCH3 is 1. The first-order chi connectivity index (χ1) is 8.83. The van der Waals surface area contributed by atoms with Crippen molar-refractivity contribution in [3.8, 4) is 5.88 Å². The summed E-state index contributed by atoms with van der Waals surface area (Å²) in [4.78, 5) is 4.15. The molecule has 1 unspecified atom stereocenters. The van der Waals surface area contributed by atoms with Crippen molar-refractivity contribution in [2.24, 2.45) is 0 Å². The zero-order chi connectivity index (χ0) is 12.8. The van der Waals surface area contributed by atoms with Crippen molar-refractivity contribution in [2.75, 3.05) is 7.11 Å². The molecule has 0 aromatic carbocycles. The number of nitrogens with zero attached hydrogens (tertiary/aromatic N) is 1. The monoisotopic (exact) mass is 247 g/mol. The number of pyridine rings is 1. The van der Waals surface area contributed by atoms with Crippen LogP contribution in [0.1, 0.15) is 50.2 Å². The highest BCUT2D eigenvalue weighted by Gasteiger charge is 2.18. The van der Waals surface area contributed by atoms with Crippen LogP contribution < -0.4 is 4.74 Å². The van der Waals surface area contributed by atoms with Gasteiger partial charge in [0.2, 0.25) is 5.88 Å².